The van der Waals surface area contributed by atoms with Crippen LogP contribution >= 0.6 is 11.6 Å². The Morgan fingerprint density at radius 1 is 1.25 bits per heavy atom. The fraction of sp³-hybridized carbons (Fsp3) is 0. The third kappa shape index (κ3) is 3.21. The molecule has 2 rings (SSSR count). The number of benzene rings is 1. The SMILES string of the molecule is O=C(O)c1cc(Cl)cc(NC(=O)c2ccc(=O)[nH]n2)c1. The number of nitrogens with zero attached hydrogens (tertiary/aromatic N) is 1. The maximum absolute atomic E-state index is 11.8. The smallest absolute Gasteiger partial charge is 0.335 e. The van der Waals surface area contributed by atoms with Crippen molar-refractivity contribution < 1.29 is 14.7 Å². The minimum Gasteiger partial charge on any atom is -0.478 e. The van der Waals surface area contributed by atoms with E-state index >= 15 is 0 Å². The van der Waals surface area contributed by atoms with Crippen LogP contribution in [0.3, 0.4) is 0 Å². The number of carbonyl (C=O) groups is 2. The van der Waals surface area contributed by atoms with E-state index in [2.05, 4.69) is 15.5 Å². The van der Waals surface area contributed by atoms with Gasteiger partial charge in [-0.05, 0) is 24.3 Å². The van der Waals surface area contributed by atoms with Gasteiger partial charge >= 0.3 is 5.97 Å². The summed E-state index contributed by atoms with van der Waals surface area (Å²) in [6.07, 6.45) is 0. The van der Waals surface area contributed by atoms with Gasteiger partial charge in [0, 0.05) is 16.8 Å². The van der Waals surface area contributed by atoms with Gasteiger partial charge in [0.05, 0.1) is 5.56 Å². The van der Waals surface area contributed by atoms with Gasteiger partial charge in [-0.2, -0.15) is 5.10 Å². The number of H-pyrrole nitrogens is 1. The van der Waals surface area contributed by atoms with Crippen molar-refractivity contribution in [1.29, 1.82) is 0 Å². The molecule has 1 aromatic heterocycles. The van der Waals surface area contributed by atoms with Crippen LogP contribution in [0.4, 0.5) is 5.69 Å². The highest BCUT2D eigenvalue weighted by atomic mass is 35.5. The number of amides is 1. The Kier molecular flexibility index (Phi) is 3.81. The molecule has 3 N–H and O–H groups in total. The number of carboxylic acids is 1. The van der Waals surface area contributed by atoms with Crippen LogP contribution in [0.1, 0.15) is 20.8 Å². The van der Waals surface area contributed by atoms with Gasteiger partial charge in [-0.15, -0.1) is 0 Å². The van der Waals surface area contributed by atoms with Gasteiger partial charge in [-0.3, -0.25) is 9.59 Å². The first kappa shape index (κ1) is 13.8. The number of aromatic nitrogens is 2. The predicted octanol–water partition coefficient (Wildman–Crippen LogP) is 1.37. The molecule has 102 valence electrons. The van der Waals surface area contributed by atoms with Crippen LogP contribution in [0.25, 0.3) is 0 Å². The van der Waals surface area contributed by atoms with Gasteiger partial charge in [0.25, 0.3) is 11.5 Å². The Balaban J connectivity index is 2.25. The van der Waals surface area contributed by atoms with E-state index in [-0.39, 0.29) is 22.0 Å². The number of hydrogen-bond acceptors (Lipinski definition) is 4. The lowest BCUT2D eigenvalue weighted by Gasteiger charge is -2.06. The van der Waals surface area contributed by atoms with Crippen LogP contribution in [-0.4, -0.2) is 27.2 Å². The minimum atomic E-state index is -1.16. The molecule has 8 heteroatoms. The summed E-state index contributed by atoms with van der Waals surface area (Å²) in [4.78, 5) is 33.5. The quantitative estimate of drug-likeness (QED) is 0.791. The van der Waals surface area contributed by atoms with Gasteiger partial charge < -0.3 is 10.4 Å². The second kappa shape index (κ2) is 5.54. The molecule has 0 saturated heterocycles. The summed E-state index contributed by atoms with van der Waals surface area (Å²) >= 11 is 5.77. The summed E-state index contributed by atoms with van der Waals surface area (Å²) in [5.41, 5.74) is -0.283. The first-order valence-electron chi connectivity index (χ1n) is 5.36. The maximum Gasteiger partial charge on any atom is 0.335 e. The third-order valence-corrected chi connectivity index (χ3v) is 2.53. The lowest BCUT2D eigenvalue weighted by Crippen LogP contribution is -2.17. The highest BCUT2D eigenvalue weighted by Crippen LogP contribution is 2.19. The summed E-state index contributed by atoms with van der Waals surface area (Å²) in [6, 6.07) is 6.33. The van der Waals surface area contributed by atoms with Crippen molar-refractivity contribution in [3.8, 4) is 0 Å². The molecule has 0 radical (unpaired) electrons. The summed E-state index contributed by atoms with van der Waals surface area (Å²) in [7, 11) is 0. The molecule has 7 nitrogen and oxygen atoms in total. The van der Waals surface area contributed by atoms with Crippen molar-refractivity contribution in [2.24, 2.45) is 0 Å². The molecule has 0 bridgehead atoms. The number of halogens is 1. The molecule has 1 heterocycles. The molecule has 1 amide bonds. The molecule has 1 aromatic carbocycles. The molecule has 0 fully saturated rings. The molecular formula is C12H8ClN3O4. The summed E-state index contributed by atoms with van der Waals surface area (Å²) in [6.45, 7) is 0. The van der Waals surface area contributed by atoms with E-state index in [0.29, 0.717) is 0 Å². The molecule has 0 unspecified atom stereocenters. The van der Waals surface area contributed by atoms with Crippen molar-refractivity contribution in [2.45, 2.75) is 0 Å². The van der Waals surface area contributed by atoms with E-state index in [1.807, 2.05) is 0 Å². The van der Waals surface area contributed by atoms with Crippen LogP contribution < -0.4 is 10.9 Å². The van der Waals surface area contributed by atoms with E-state index in [1.165, 1.54) is 24.3 Å². The number of anilines is 1. The maximum atomic E-state index is 11.8. The van der Waals surface area contributed by atoms with Gasteiger partial charge in [0.2, 0.25) is 0 Å². The Hall–Kier alpha value is -2.67. The summed E-state index contributed by atoms with van der Waals surface area (Å²) in [5.74, 6) is -1.76. The van der Waals surface area contributed by atoms with Crippen LogP contribution in [0, 0.1) is 0 Å². The van der Waals surface area contributed by atoms with Gasteiger partial charge in [-0.25, -0.2) is 9.89 Å². The monoisotopic (exact) mass is 293 g/mol. The first-order chi connectivity index (χ1) is 9.45. The molecule has 2 aromatic rings. The van der Waals surface area contributed by atoms with E-state index in [0.717, 1.165) is 6.07 Å². The topological polar surface area (TPSA) is 112 Å². The fourth-order valence-corrected chi connectivity index (χ4v) is 1.69. The largest absolute Gasteiger partial charge is 0.478 e. The molecule has 0 aliphatic rings. The van der Waals surface area contributed by atoms with E-state index in [1.54, 1.807) is 0 Å². The molecule has 0 saturated carbocycles. The Morgan fingerprint density at radius 3 is 2.60 bits per heavy atom. The number of hydrogen-bond donors (Lipinski definition) is 3. The Labute approximate surface area is 117 Å². The Bertz CT molecular complexity index is 721. The van der Waals surface area contributed by atoms with E-state index in [4.69, 9.17) is 16.7 Å². The van der Waals surface area contributed by atoms with Crippen LogP contribution in [0.5, 0.6) is 0 Å². The molecule has 0 aliphatic carbocycles. The minimum absolute atomic E-state index is 0.0125. The highest BCUT2D eigenvalue weighted by Gasteiger charge is 2.11. The van der Waals surface area contributed by atoms with E-state index in [9.17, 15) is 14.4 Å². The zero-order valence-corrected chi connectivity index (χ0v) is 10.6. The number of aromatic amines is 1. The van der Waals surface area contributed by atoms with Gasteiger partial charge in [-0.1, -0.05) is 11.6 Å². The van der Waals surface area contributed by atoms with Crippen LogP contribution in [0.2, 0.25) is 5.02 Å². The number of aromatic carboxylic acids is 1. The number of carbonyl (C=O) groups excluding carboxylic acids is 1. The van der Waals surface area contributed by atoms with Crippen molar-refractivity contribution in [1.82, 2.24) is 10.2 Å². The molecule has 0 aliphatic heterocycles. The average molecular weight is 294 g/mol. The predicted molar refractivity (Wildman–Crippen MR) is 71.2 cm³/mol. The molecule has 0 atom stereocenters. The lowest BCUT2D eigenvalue weighted by atomic mass is 10.2. The number of rotatable bonds is 3. The van der Waals surface area contributed by atoms with Crippen molar-refractivity contribution in [2.75, 3.05) is 5.32 Å². The van der Waals surface area contributed by atoms with Crippen molar-refractivity contribution in [3.63, 3.8) is 0 Å². The first-order valence-corrected chi connectivity index (χ1v) is 5.74. The lowest BCUT2D eigenvalue weighted by molar-refractivity contribution is 0.0696. The summed E-state index contributed by atoms with van der Waals surface area (Å²) in [5, 5.41) is 17.2. The normalized spacial score (nSPS) is 10.1. The second-order valence-electron chi connectivity index (χ2n) is 3.79. The van der Waals surface area contributed by atoms with Gasteiger partial charge in [0.15, 0.2) is 0 Å². The second-order valence-corrected chi connectivity index (χ2v) is 4.23. The third-order valence-electron chi connectivity index (χ3n) is 2.31. The standard InChI is InChI=1S/C12H8ClN3O4/c13-7-3-6(12(19)20)4-8(5-7)14-11(18)9-1-2-10(17)16-15-9/h1-5H,(H,14,18)(H,16,17)(H,19,20). The number of carboxylic acid groups (broad SMARTS) is 1. The van der Waals surface area contributed by atoms with E-state index < -0.39 is 17.4 Å². The molecule has 20 heavy (non-hydrogen) atoms. The highest BCUT2D eigenvalue weighted by molar-refractivity contribution is 6.31. The average Bonchev–Trinajstić information content (AvgIpc) is 2.38. The van der Waals surface area contributed by atoms with Crippen LogP contribution in [-0.2, 0) is 0 Å². The zero-order chi connectivity index (χ0) is 14.7. The van der Waals surface area contributed by atoms with Crippen molar-refractivity contribution in [3.05, 3.63) is 57.0 Å². The fourth-order valence-electron chi connectivity index (χ4n) is 1.45. The molecular weight excluding hydrogens is 286 g/mol. The molecule has 0 spiro atoms. The van der Waals surface area contributed by atoms with Crippen molar-refractivity contribution >= 4 is 29.2 Å². The van der Waals surface area contributed by atoms with Crippen LogP contribution in [0.15, 0.2) is 35.1 Å². The Morgan fingerprint density at radius 2 is 2.00 bits per heavy atom. The van der Waals surface area contributed by atoms with Gasteiger partial charge in [0.1, 0.15) is 5.69 Å². The zero-order valence-electron chi connectivity index (χ0n) is 9.88. The number of nitrogens with one attached hydrogen (secondary N) is 2. The summed E-state index contributed by atoms with van der Waals surface area (Å²) < 4.78 is 0.